The Bertz CT molecular complexity index is 633. The largest absolute Gasteiger partial charge is 0.481 e. The predicted octanol–water partition coefficient (Wildman–Crippen LogP) is 1.42. The Morgan fingerprint density at radius 1 is 1.45 bits per heavy atom. The van der Waals surface area contributed by atoms with Crippen molar-refractivity contribution in [1.82, 2.24) is 14.8 Å². The molecule has 2 heterocycles. The Labute approximate surface area is 116 Å². The number of rotatable bonds is 3. The molecule has 1 atom stereocenters. The second-order valence-corrected chi connectivity index (χ2v) is 5.09. The molecule has 0 bridgehead atoms. The summed E-state index contributed by atoms with van der Waals surface area (Å²) in [6, 6.07) is 8.45. The Balaban J connectivity index is 1.79. The molecule has 1 unspecified atom stereocenters. The van der Waals surface area contributed by atoms with Crippen LogP contribution in [0.25, 0.3) is 0 Å². The molecule has 6 heteroatoms. The van der Waals surface area contributed by atoms with Crippen molar-refractivity contribution in [2.45, 2.75) is 25.8 Å². The monoisotopic (exact) mass is 272 g/mol. The highest BCUT2D eigenvalue weighted by atomic mass is 16.4. The SMILES string of the molecule is Cc1ccc(C2CNc3nc(CC(=O)O)nn3C2)cc1. The van der Waals surface area contributed by atoms with Gasteiger partial charge in [-0.05, 0) is 12.5 Å². The second kappa shape index (κ2) is 4.96. The van der Waals surface area contributed by atoms with E-state index in [1.807, 2.05) is 0 Å². The number of aliphatic carboxylic acids is 1. The molecule has 2 N–H and O–H groups in total. The molecule has 3 rings (SSSR count). The van der Waals surface area contributed by atoms with Crippen LogP contribution >= 0.6 is 0 Å². The predicted molar refractivity (Wildman–Crippen MR) is 73.8 cm³/mol. The molecule has 1 aliphatic heterocycles. The number of carbonyl (C=O) groups is 1. The topological polar surface area (TPSA) is 80.0 Å². The van der Waals surface area contributed by atoms with Crippen molar-refractivity contribution in [2.75, 3.05) is 11.9 Å². The number of fused-ring (bicyclic) bond motifs is 1. The minimum atomic E-state index is -0.914. The number of anilines is 1. The van der Waals surface area contributed by atoms with Crippen molar-refractivity contribution in [3.05, 3.63) is 41.2 Å². The molecule has 0 amide bonds. The lowest BCUT2D eigenvalue weighted by atomic mass is 9.97. The van der Waals surface area contributed by atoms with Gasteiger partial charge in [0.25, 0.3) is 0 Å². The Morgan fingerprint density at radius 3 is 2.90 bits per heavy atom. The lowest BCUT2D eigenvalue weighted by Crippen LogP contribution is -2.26. The van der Waals surface area contributed by atoms with Gasteiger partial charge < -0.3 is 10.4 Å². The van der Waals surface area contributed by atoms with Crippen LogP contribution in [0.4, 0.5) is 5.95 Å². The number of carboxylic acid groups (broad SMARTS) is 1. The molecular formula is C14H16N4O2. The summed E-state index contributed by atoms with van der Waals surface area (Å²) in [5.41, 5.74) is 2.49. The van der Waals surface area contributed by atoms with Gasteiger partial charge in [-0.2, -0.15) is 10.1 Å². The number of nitrogens with zero attached hydrogens (tertiary/aromatic N) is 3. The number of benzene rings is 1. The molecular weight excluding hydrogens is 256 g/mol. The van der Waals surface area contributed by atoms with Gasteiger partial charge in [0, 0.05) is 12.5 Å². The minimum Gasteiger partial charge on any atom is -0.481 e. The smallest absolute Gasteiger partial charge is 0.311 e. The first-order chi connectivity index (χ1) is 9.61. The number of nitrogens with one attached hydrogen (secondary N) is 1. The molecule has 0 fully saturated rings. The third kappa shape index (κ3) is 2.49. The molecule has 0 saturated heterocycles. The van der Waals surface area contributed by atoms with Crippen molar-refractivity contribution < 1.29 is 9.90 Å². The zero-order valence-corrected chi connectivity index (χ0v) is 11.2. The molecule has 2 aromatic rings. The van der Waals surface area contributed by atoms with E-state index in [-0.39, 0.29) is 6.42 Å². The first kappa shape index (κ1) is 12.7. The lowest BCUT2D eigenvalue weighted by Gasteiger charge is -2.24. The van der Waals surface area contributed by atoms with Crippen LogP contribution in [0.3, 0.4) is 0 Å². The third-order valence-corrected chi connectivity index (χ3v) is 3.47. The van der Waals surface area contributed by atoms with Crippen molar-refractivity contribution in [3.8, 4) is 0 Å². The average molecular weight is 272 g/mol. The fourth-order valence-corrected chi connectivity index (χ4v) is 2.41. The van der Waals surface area contributed by atoms with Gasteiger partial charge in [0.05, 0.1) is 6.54 Å². The van der Waals surface area contributed by atoms with Crippen LogP contribution in [0.2, 0.25) is 0 Å². The van der Waals surface area contributed by atoms with Gasteiger partial charge in [-0.25, -0.2) is 4.68 Å². The maximum Gasteiger partial charge on any atom is 0.311 e. The van der Waals surface area contributed by atoms with E-state index in [9.17, 15) is 4.79 Å². The quantitative estimate of drug-likeness (QED) is 0.883. The Kier molecular flexibility index (Phi) is 3.14. The molecule has 6 nitrogen and oxygen atoms in total. The van der Waals surface area contributed by atoms with E-state index in [0.717, 1.165) is 13.1 Å². The first-order valence-corrected chi connectivity index (χ1v) is 6.58. The molecule has 1 aromatic carbocycles. The van der Waals surface area contributed by atoms with Crippen molar-refractivity contribution in [3.63, 3.8) is 0 Å². The summed E-state index contributed by atoms with van der Waals surface area (Å²) in [6.07, 6.45) is -0.142. The summed E-state index contributed by atoms with van der Waals surface area (Å²) in [5.74, 6) is 0.416. The molecule has 0 aliphatic carbocycles. The summed E-state index contributed by atoms with van der Waals surface area (Å²) in [6.45, 7) is 3.57. The molecule has 0 saturated carbocycles. The highest BCUT2D eigenvalue weighted by Gasteiger charge is 2.22. The van der Waals surface area contributed by atoms with Crippen LogP contribution in [0.15, 0.2) is 24.3 Å². The molecule has 1 aliphatic rings. The number of aromatic nitrogens is 3. The van der Waals surface area contributed by atoms with Crippen LogP contribution in [-0.4, -0.2) is 32.4 Å². The highest BCUT2D eigenvalue weighted by molar-refractivity contribution is 5.69. The first-order valence-electron chi connectivity index (χ1n) is 6.58. The van der Waals surface area contributed by atoms with Crippen LogP contribution in [0, 0.1) is 6.92 Å². The van der Waals surface area contributed by atoms with E-state index in [4.69, 9.17) is 5.11 Å². The standard InChI is InChI=1S/C14H16N4O2/c1-9-2-4-10(5-3-9)11-7-15-14-16-12(6-13(19)20)17-18(14)8-11/h2-5,11H,6-8H2,1H3,(H,19,20)(H,15,16,17). The van der Waals surface area contributed by atoms with E-state index in [0.29, 0.717) is 17.7 Å². The van der Waals surface area contributed by atoms with Crippen molar-refractivity contribution in [1.29, 1.82) is 0 Å². The van der Waals surface area contributed by atoms with E-state index in [2.05, 4.69) is 46.6 Å². The molecule has 1 aromatic heterocycles. The molecule has 0 spiro atoms. The highest BCUT2D eigenvalue weighted by Crippen LogP contribution is 2.24. The van der Waals surface area contributed by atoms with Crippen LogP contribution in [0.5, 0.6) is 0 Å². The third-order valence-electron chi connectivity index (χ3n) is 3.47. The minimum absolute atomic E-state index is 0.142. The summed E-state index contributed by atoms with van der Waals surface area (Å²) in [7, 11) is 0. The van der Waals surface area contributed by atoms with E-state index in [1.165, 1.54) is 11.1 Å². The Hall–Kier alpha value is -2.37. The van der Waals surface area contributed by atoms with Crippen molar-refractivity contribution in [2.24, 2.45) is 0 Å². The molecule has 104 valence electrons. The van der Waals surface area contributed by atoms with Crippen molar-refractivity contribution >= 4 is 11.9 Å². The fraction of sp³-hybridized carbons (Fsp3) is 0.357. The van der Waals surface area contributed by atoms with E-state index >= 15 is 0 Å². The Morgan fingerprint density at radius 2 is 2.20 bits per heavy atom. The van der Waals surface area contributed by atoms with Gasteiger partial charge >= 0.3 is 5.97 Å². The fourth-order valence-electron chi connectivity index (χ4n) is 2.41. The summed E-state index contributed by atoms with van der Waals surface area (Å²) >= 11 is 0. The number of hydrogen-bond donors (Lipinski definition) is 2. The second-order valence-electron chi connectivity index (χ2n) is 5.09. The summed E-state index contributed by atoms with van der Waals surface area (Å²) < 4.78 is 1.76. The normalized spacial score (nSPS) is 17.4. The maximum atomic E-state index is 10.7. The van der Waals surface area contributed by atoms with Crippen LogP contribution in [0.1, 0.15) is 22.9 Å². The molecule has 20 heavy (non-hydrogen) atoms. The average Bonchev–Trinajstić information content (AvgIpc) is 2.79. The van der Waals surface area contributed by atoms with Gasteiger partial charge in [0.2, 0.25) is 5.95 Å². The number of hydrogen-bond acceptors (Lipinski definition) is 4. The van der Waals surface area contributed by atoms with Crippen LogP contribution in [-0.2, 0) is 17.8 Å². The van der Waals surface area contributed by atoms with Crippen LogP contribution < -0.4 is 5.32 Å². The summed E-state index contributed by atoms with van der Waals surface area (Å²) in [5, 5.41) is 16.2. The zero-order chi connectivity index (χ0) is 14.1. The van der Waals surface area contributed by atoms with Gasteiger partial charge in [-0.1, -0.05) is 29.8 Å². The van der Waals surface area contributed by atoms with Gasteiger partial charge in [0.15, 0.2) is 5.82 Å². The van der Waals surface area contributed by atoms with Gasteiger partial charge in [0.1, 0.15) is 6.42 Å². The van der Waals surface area contributed by atoms with Gasteiger partial charge in [-0.15, -0.1) is 0 Å². The van der Waals surface area contributed by atoms with E-state index < -0.39 is 5.97 Å². The number of carboxylic acids is 1. The lowest BCUT2D eigenvalue weighted by molar-refractivity contribution is -0.136. The zero-order valence-electron chi connectivity index (χ0n) is 11.2. The maximum absolute atomic E-state index is 10.7. The molecule has 0 radical (unpaired) electrons. The van der Waals surface area contributed by atoms with E-state index in [1.54, 1.807) is 4.68 Å². The number of aryl methyl sites for hydroxylation is 1. The summed E-state index contributed by atoms with van der Waals surface area (Å²) in [4.78, 5) is 14.9. The van der Waals surface area contributed by atoms with Gasteiger partial charge in [-0.3, -0.25) is 4.79 Å².